The maximum atomic E-state index is 11.1. The molecule has 0 spiro atoms. The van der Waals surface area contributed by atoms with Gasteiger partial charge >= 0.3 is 5.97 Å². The number of aliphatic carboxylic acids is 1. The number of aromatic amines is 1. The molecule has 1 atom stereocenters. The lowest BCUT2D eigenvalue weighted by Crippen LogP contribution is -2.09. The number of benzene rings is 1. The lowest BCUT2D eigenvalue weighted by molar-refractivity contribution is -0.138. The van der Waals surface area contributed by atoms with Crippen LogP contribution in [0, 0.1) is 0 Å². The summed E-state index contributed by atoms with van der Waals surface area (Å²) in [6.07, 6.45) is 2.41. The first kappa shape index (κ1) is 9.77. The Morgan fingerprint density at radius 3 is 2.87 bits per heavy atom. The molecule has 0 aliphatic heterocycles. The summed E-state index contributed by atoms with van der Waals surface area (Å²) in [4.78, 5) is 14.2. The molecule has 15 heavy (non-hydrogen) atoms. The first-order chi connectivity index (χ1) is 7.24. The highest BCUT2D eigenvalue weighted by Gasteiger charge is 2.20. The Balaban J connectivity index is 2.55. The number of carboxylic acid groups (broad SMARTS) is 1. The van der Waals surface area contributed by atoms with Crippen molar-refractivity contribution in [3.8, 4) is 0 Å². The molecule has 0 aliphatic rings. The van der Waals surface area contributed by atoms with Gasteiger partial charge in [0.2, 0.25) is 0 Å². The summed E-state index contributed by atoms with van der Waals surface area (Å²) >= 11 is 0. The third-order valence-corrected chi connectivity index (χ3v) is 2.70. The second kappa shape index (κ2) is 3.77. The topological polar surface area (TPSA) is 53.1 Å². The lowest BCUT2D eigenvalue weighted by atomic mass is 9.96. The minimum absolute atomic E-state index is 0.416. The Morgan fingerprint density at radius 1 is 1.47 bits per heavy atom. The van der Waals surface area contributed by atoms with Crippen molar-refractivity contribution in [1.29, 1.82) is 0 Å². The van der Waals surface area contributed by atoms with Gasteiger partial charge in [0.15, 0.2) is 0 Å². The van der Waals surface area contributed by atoms with Gasteiger partial charge in [0, 0.05) is 17.1 Å². The fourth-order valence-corrected chi connectivity index (χ4v) is 1.91. The number of nitrogens with one attached hydrogen (secondary N) is 1. The fraction of sp³-hybridized carbons (Fsp3) is 0.250. The Labute approximate surface area is 87.7 Å². The van der Waals surface area contributed by atoms with Gasteiger partial charge in [-0.3, -0.25) is 4.79 Å². The molecule has 3 heteroatoms. The van der Waals surface area contributed by atoms with Crippen molar-refractivity contribution in [2.45, 2.75) is 19.3 Å². The monoisotopic (exact) mass is 203 g/mol. The van der Waals surface area contributed by atoms with Crippen molar-refractivity contribution in [2.75, 3.05) is 0 Å². The van der Waals surface area contributed by atoms with Crippen molar-refractivity contribution in [3.05, 3.63) is 36.0 Å². The predicted octanol–water partition coefficient (Wildman–Crippen LogP) is 2.75. The minimum Gasteiger partial charge on any atom is -0.481 e. The highest BCUT2D eigenvalue weighted by atomic mass is 16.4. The smallest absolute Gasteiger partial charge is 0.311 e. The average Bonchev–Trinajstić information content (AvgIpc) is 2.63. The van der Waals surface area contributed by atoms with Crippen LogP contribution < -0.4 is 0 Å². The highest BCUT2D eigenvalue weighted by molar-refractivity contribution is 5.89. The van der Waals surface area contributed by atoms with Crippen LogP contribution in [0.1, 0.15) is 24.8 Å². The van der Waals surface area contributed by atoms with E-state index < -0.39 is 11.9 Å². The number of aromatic nitrogens is 1. The van der Waals surface area contributed by atoms with E-state index in [2.05, 4.69) is 4.98 Å². The van der Waals surface area contributed by atoms with Crippen molar-refractivity contribution in [2.24, 2.45) is 0 Å². The molecule has 0 bridgehead atoms. The van der Waals surface area contributed by atoms with Gasteiger partial charge in [0.1, 0.15) is 0 Å². The fourth-order valence-electron chi connectivity index (χ4n) is 1.91. The molecule has 0 fully saturated rings. The zero-order valence-electron chi connectivity index (χ0n) is 8.53. The molecule has 1 aromatic carbocycles. The number of rotatable bonds is 3. The number of para-hydroxylation sites is 1. The maximum absolute atomic E-state index is 11.1. The summed E-state index contributed by atoms with van der Waals surface area (Å²) < 4.78 is 0. The van der Waals surface area contributed by atoms with E-state index in [0.717, 1.165) is 16.5 Å². The molecule has 78 valence electrons. The van der Waals surface area contributed by atoms with E-state index in [0.29, 0.717) is 6.42 Å². The van der Waals surface area contributed by atoms with Crippen LogP contribution in [-0.2, 0) is 4.79 Å². The molecule has 0 amide bonds. The van der Waals surface area contributed by atoms with Crippen LogP contribution in [-0.4, -0.2) is 16.1 Å². The molecule has 3 nitrogen and oxygen atoms in total. The normalized spacial score (nSPS) is 12.9. The Hall–Kier alpha value is -1.77. The lowest BCUT2D eigenvalue weighted by Gasteiger charge is -2.07. The van der Waals surface area contributed by atoms with Crippen LogP contribution in [0.5, 0.6) is 0 Å². The molecule has 0 saturated heterocycles. The van der Waals surface area contributed by atoms with Crippen LogP contribution >= 0.6 is 0 Å². The Bertz CT molecular complexity index is 487. The van der Waals surface area contributed by atoms with Crippen LogP contribution in [0.25, 0.3) is 10.9 Å². The third-order valence-electron chi connectivity index (χ3n) is 2.70. The average molecular weight is 203 g/mol. The largest absolute Gasteiger partial charge is 0.481 e. The molecule has 1 heterocycles. The molecule has 2 aromatic rings. The van der Waals surface area contributed by atoms with Gasteiger partial charge < -0.3 is 10.1 Å². The number of hydrogen-bond acceptors (Lipinski definition) is 1. The van der Waals surface area contributed by atoms with E-state index in [1.165, 1.54) is 0 Å². The summed E-state index contributed by atoms with van der Waals surface area (Å²) in [7, 11) is 0. The molecular formula is C12H13NO2. The molecule has 0 aliphatic carbocycles. The van der Waals surface area contributed by atoms with E-state index in [9.17, 15) is 4.79 Å². The molecule has 2 rings (SSSR count). The molecule has 0 unspecified atom stereocenters. The Kier molecular flexibility index (Phi) is 2.46. The van der Waals surface area contributed by atoms with Gasteiger partial charge in [0.05, 0.1) is 5.92 Å². The summed E-state index contributed by atoms with van der Waals surface area (Å²) in [6.45, 7) is 1.89. The van der Waals surface area contributed by atoms with Gasteiger partial charge in [0.25, 0.3) is 0 Å². The maximum Gasteiger partial charge on any atom is 0.311 e. The second-order valence-electron chi connectivity index (χ2n) is 3.59. The zero-order chi connectivity index (χ0) is 10.8. The second-order valence-corrected chi connectivity index (χ2v) is 3.59. The zero-order valence-corrected chi connectivity index (χ0v) is 8.53. The third kappa shape index (κ3) is 1.61. The van der Waals surface area contributed by atoms with Crippen LogP contribution in [0.2, 0.25) is 0 Å². The van der Waals surface area contributed by atoms with E-state index >= 15 is 0 Å². The van der Waals surface area contributed by atoms with E-state index in [1.807, 2.05) is 31.2 Å². The predicted molar refractivity (Wildman–Crippen MR) is 59.0 cm³/mol. The summed E-state index contributed by atoms with van der Waals surface area (Å²) in [6, 6.07) is 7.76. The van der Waals surface area contributed by atoms with E-state index in [1.54, 1.807) is 6.20 Å². The highest BCUT2D eigenvalue weighted by Crippen LogP contribution is 2.27. The van der Waals surface area contributed by atoms with Gasteiger partial charge in [-0.1, -0.05) is 25.1 Å². The number of carbonyl (C=O) groups is 1. The molecular weight excluding hydrogens is 190 g/mol. The summed E-state index contributed by atoms with van der Waals surface area (Å²) in [5.41, 5.74) is 1.87. The van der Waals surface area contributed by atoms with Gasteiger partial charge in [-0.15, -0.1) is 0 Å². The van der Waals surface area contributed by atoms with Crippen molar-refractivity contribution in [3.63, 3.8) is 0 Å². The van der Waals surface area contributed by atoms with E-state index in [4.69, 9.17) is 5.11 Å². The first-order valence-electron chi connectivity index (χ1n) is 5.03. The quantitative estimate of drug-likeness (QED) is 0.805. The molecule has 0 radical (unpaired) electrons. The molecule has 0 saturated carbocycles. The first-order valence-corrected chi connectivity index (χ1v) is 5.03. The van der Waals surface area contributed by atoms with Crippen molar-refractivity contribution in [1.82, 2.24) is 4.98 Å². The minimum atomic E-state index is -0.762. The Morgan fingerprint density at radius 2 is 2.20 bits per heavy atom. The van der Waals surface area contributed by atoms with Crippen molar-refractivity contribution < 1.29 is 9.90 Å². The molecule has 2 N–H and O–H groups in total. The standard InChI is InChI=1S/C12H13NO2/c1-2-8(12(14)15)10-7-13-11-6-4-3-5-9(10)11/h3-8,13H,2H2,1H3,(H,14,15)/t8-/m1/s1. The number of hydrogen-bond donors (Lipinski definition) is 2. The SMILES string of the molecule is CC[C@@H](C(=O)O)c1c[nH]c2ccccc12. The van der Waals surface area contributed by atoms with Crippen molar-refractivity contribution >= 4 is 16.9 Å². The van der Waals surface area contributed by atoms with Gasteiger partial charge in [-0.2, -0.15) is 0 Å². The van der Waals surface area contributed by atoms with Crippen LogP contribution in [0.15, 0.2) is 30.5 Å². The van der Waals surface area contributed by atoms with Gasteiger partial charge in [-0.25, -0.2) is 0 Å². The van der Waals surface area contributed by atoms with Crippen LogP contribution in [0.4, 0.5) is 0 Å². The van der Waals surface area contributed by atoms with Crippen LogP contribution in [0.3, 0.4) is 0 Å². The number of H-pyrrole nitrogens is 1. The number of fused-ring (bicyclic) bond motifs is 1. The van der Waals surface area contributed by atoms with Gasteiger partial charge in [-0.05, 0) is 18.1 Å². The summed E-state index contributed by atoms with van der Waals surface area (Å²) in [5.74, 6) is -1.18. The van der Waals surface area contributed by atoms with E-state index in [-0.39, 0.29) is 0 Å². The number of carboxylic acids is 1. The summed E-state index contributed by atoms with van der Waals surface area (Å²) in [5, 5.41) is 10.1. The molecule has 1 aromatic heterocycles.